The first-order chi connectivity index (χ1) is 8.67. The van der Waals surface area contributed by atoms with Gasteiger partial charge in [-0.2, -0.15) is 0 Å². The second-order valence-corrected chi connectivity index (χ2v) is 6.24. The van der Waals surface area contributed by atoms with E-state index in [2.05, 4.69) is 5.32 Å². The Balaban J connectivity index is 1.48. The summed E-state index contributed by atoms with van der Waals surface area (Å²) in [5.74, 6) is -0.711. The molecule has 4 nitrogen and oxygen atoms in total. The Morgan fingerprint density at radius 2 is 2.00 bits per heavy atom. The van der Waals surface area contributed by atoms with Crippen LogP contribution in [-0.4, -0.2) is 34.9 Å². The van der Waals surface area contributed by atoms with Gasteiger partial charge in [0.25, 0.3) is 0 Å². The third-order valence-corrected chi connectivity index (χ3v) is 4.94. The molecule has 4 heteroatoms. The minimum atomic E-state index is -0.711. The molecule has 2 heterocycles. The standard InChI is InChI=1S/C14H23NO3/c16-13(17)12-4-3-10(15-12)9-11-5-8-14(18-11)6-1-2-7-14/h10-12,15H,1-9H2,(H,16,17). The van der Waals surface area contributed by atoms with Gasteiger partial charge < -0.3 is 15.2 Å². The zero-order valence-electron chi connectivity index (χ0n) is 10.9. The molecule has 102 valence electrons. The van der Waals surface area contributed by atoms with Crippen molar-refractivity contribution in [3.8, 4) is 0 Å². The third-order valence-electron chi connectivity index (χ3n) is 4.94. The number of rotatable bonds is 3. The Bertz CT molecular complexity index is 325. The van der Waals surface area contributed by atoms with Gasteiger partial charge in [-0.3, -0.25) is 4.79 Å². The smallest absolute Gasteiger partial charge is 0.320 e. The van der Waals surface area contributed by atoms with Crippen LogP contribution in [0.4, 0.5) is 0 Å². The fraction of sp³-hybridized carbons (Fsp3) is 0.929. The van der Waals surface area contributed by atoms with Crippen molar-refractivity contribution in [1.82, 2.24) is 5.32 Å². The van der Waals surface area contributed by atoms with E-state index in [-0.39, 0.29) is 11.6 Å². The molecule has 3 rings (SSSR count). The molecular formula is C14H23NO3. The van der Waals surface area contributed by atoms with Gasteiger partial charge >= 0.3 is 5.97 Å². The van der Waals surface area contributed by atoms with Gasteiger partial charge in [-0.25, -0.2) is 0 Å². The molecule has 1 aliphatic carbocycles. The summed E-state index contributed by atoms with van der Waals surface area (Å²) in [5, 5.41) is 12.2. The molecule has 2 saturated heterocycles. The van der Waals surface area contributed by atoms with E-state index in [9.17, 15) is 4.79 Å². The number of nitrogens with one attached hydrogen (secondary N) is 1. The average Bonchev–Trinajstić information content (AvgIpc) is 3.03. The number of ether oxygens (including phenoxy) is 1. The van der Waals surface area contributed by atoms with Gasteiger partial charge in [-0.15, -0.1) is 0 Å². The van der Waals surface area contributed by atoms with Crippen molar-refractivity contribution in [2.24, 2.45) is 0 Å². The predicted molar refractivity (Wildman–Crippen MR) is 67.5 cm³/mol. The zero-order chi connectivity index (χ0) is 12.6. The molecule has 0 radical (unpaired) electrons. The van der Waals surface area contributed by atoms with Gasteiger partial charge in [0.05, 0.1) is 11.7 Å². The summed E-state index contributed by atoms with van der Waals surface area (Å²) >= 11 is 0. The molecule has 1 spiro atoms. The normalized spacial score (nSPS) is 38.6. The maximum atomic E-state index is 10.9. The second-order valence-electron chi connectivity index (χ2n) is 6.24. The van der Waals surface area contributed by atoms with Crippen molar-refractivity contribution >= 4 is 5.97 Å². The Morgan fingerprint density at radius 1 is 1.22 bits per heavy atom. The molecule has 0 amide bonds. The predicted octanol–water partition coefficient (Wildman–Crippen LogP) is 2.07. The van der Waals surface area contributed by atoms with Crippen LogP contribution in [0.5, 0.6) is 0 Å². The maximum absolute atomic E-state index is 10.9. The highest BCUT2D eigenvalue weighted by molar-refractivity contribution is 5.73. The second kappa shape index (κ2) is 4.82. The molecule has 3 unspecified atom stereocenters. The van der Waals surface area contributed by atoms with Crippen LogP contribution in [0.25, 0.3) is 0 Å². The summed E-state index contributed by atoms with van der Waals surface area (Å²) in [6, 6.07) is 0.00416. The molecule has 3 aliphatic rings. The topological polar surface area (TPSA) is 58.6 Å². The number of carboxylic acids is 1. The molecule has 3 fully saturated rings. The minimum absolute atomic E-state index is 0.204. The minimum Gasteiger partial charge on any atom is -0.480 e. The molecular weight excluding hydrogens is 230 g/mol. The monoisotopic (exact) mass is 253 g/mol. The van der Waals surface area contributed by atoms with Crippen molar-refractivity contribution in [3.63, 3.8) is 0 Å². The molecule has 18 heavy (non-hydrogen) atoms. The first kappa shape index (κ1) is 12.4. The molecule has 0 aromatic rings. The summed E-state index contributed by atoms with van der Waals surface area (Å²) in [4.78, 5) is 10.9. The van der Waals surface area contributed by atoms with Crippen LogP contribution in [0.2, 0.25) is 0 Å². The lowest BCUT2D eigenvalue weighted by molar-refractivity contribution is -0.139. The summed E-state index contributed by atoms with van der Waals surface area (Å²) < 4.78 is 6.28. The van der Waals surface area contributed by atoms with Gasteiger partial charge in [0.15, 0.2) is 0 Å². The van der Waals surface area contributed by atoms with Crippen LogP contribution < -0.4 is 5.32 Å². The number of carbonyl (C=O) groups is 1. The lowest BCUT2D eigenvalue weighted by Gasteiger charge is -2.25. The SMILES string of the molecule is O=C(O)C1CCC(CC2CCC3(CCCC3)O2)N1. The van der Waals surface area contributed by atoms with Gasteiger partial charge in [-0.1, -0.05) is 12.8 Å². The van der Waals surface area contributed by atoms with E-state index in [4.69, 9.17) is 9.84 Å². The van der Waals surface area contributed by atoms with Crippen LogP contribution in [0.1, 0.15) is 57.8 Å². The average molecular weight is 253 g/mol. The summed E-state index contributed by atoms with van der Waals surface area (Å²) in [7, 11) is 0. The first-order valence-corrected chi connectivity index (χ1v) is 7.34. The number of aliphatic carboxylic acids is 1. The molecule has 0 aromatic carbocycles. The lowest BCUT2D eigenvalue weighted by atomic mass is 9.97. The Labute approximate surface area is 108 Å². The molecule has 1 saturated carbocycles. The highest BCUT2D eigenvalue weighted by Gasteiger charge is 2.43. The Hall–Kier alpha value is -0.610. The molecule has 2 N–H and O–H groups in total. The maximum Gasteiger partial charge on any atom is 0.320 e. The van der Waals surface area contributed by atoms with Crippen molar-refractivity contribution < 1.29 is 14.6 Å². The highest BCUT2D eigenvalue weighted by Crippen LogP contribution is 2.44. The van der Waals surface area contributed by atoms with Crippen LogP contribution >= 0.6 is 0 Å². The number of hydrogen-bond donors (Lipinski definition) is 2. The molecule has 3 atom stereocenters. The molecule has 2 aliphatic heterocycles. The first-order valence-electron chi connectivity index (χ1n) is 7.34. The van der Waals surface area contributed by atoms with Crippen molar-refractivity contribution in [1.29, 1.82) is 0 Å². The van der Waals surface area contributed by atoms with Crippen LogP contribution in [0, 0.1) is 0 Å². The summed E-state index contributed by atoms with van der Waals surface area (Å²) in [6.07, 6.45) is 10.6. The van der Waals surface area contributed by atoms with E-state index in [1.165, 1.54) is 32.1 Å². The lowest BCUT2D eigenvalue weighted by Crippen LogP contribution is -2.37. The molecule has 0 bridgehead atoms. The quantitative estimate of drug-likeness (QED) is 0.808. The van der Waals surface area contributed by atoms with Crippen molar-refractivity contribution in [3.05, 3.63) is 0 Å². The van der Waals surface area contributed by atoms with E-state index in [0.717, 1.165) is 25.7 Å². The molecule has 0 aromatic heterocycles. The van der Waals surface area contributed by atoms with E-state index >= 15 is 0 Å². The summed E-state index contributed by atoms with van der Waals surface area (Å²) in [5.41, 5.74) is 0.204. The van der Waals surface area contributed by atoms with Gasteiger partial charge in [0.1, 0.15) is 6.04 Å². The summed E-state index contributed by atoms with van der Waals surface area (Å²) in [6.45, 7) is 0. The Morgan fingerprint density at radius 3 is 2.67 bits per heavy atom. The van der Waals surface area contributed by atoms with Crippen molar-refractivity contribution in [2.45, 2.75) is 81.6 Å². The fourth-order valence-corrected chi connectivity index (χ4v) is 3.97. The zero-order valence-corrected chi connectivity index (χ0v) is 10.9. The third kappa shape index (κ3) is 2.41. The van der Waals surface area contributed by atoms with Gasteiger partial charge in [-0.05, 0) is 44.9 Å². The largest absolute Gasteiger partial charge is 0.480 e. The van der Waals surface area contributed by atoms with Crippen molar-refractivity contribution in [2.75, 3.05) is 0 Å². The van der Waals surface area contributed by atoms with E-state index in [0.29, 0.717) is 12.1 Å². The highest BCUT2D eigenvalue weighted by atomic mass is 16.5. The van der Waals surface area contributed by atoms with Gasteiger partial charge in [0, 0.05) is 6.04 Å². The van der Waals surface area contributed by atoms with Gasteiger partial charge in [0.2, 0.25) is 0 Å². The van der Waals surface area contributed by atoms with E-state index < -0.39 is 5.97 Å². The van der Waals surface area contributed by atoms with Crippen LogP contribution in [-0.2, 0) is 9.53 Å². The van der Waals surface area contributed by atoms with E-state index in [1.54, 1.807) is 0 Å². The van der Waals surface area contributed by atoms with E-state index in [1.807, 2.05) is 0 Å². The fourth-order valence-electron chi connectivity index (χ4n) is 3.97. The van der Waals surface area contributed by atoms with Crippen LogP contribution in [0.3, 0.4) is 0 Å². The number of hydrogen-bond acceptors (Lipinski definition) is 3. The number of carboxylic acid groups (broad SMARTS) is 1. The Kier molecular flexibility index (Phi) is 3.32. The van der Waals surface area contributed by atoms with Crippen LogP contribution in [0.15, 0.2) is 0 Å².